The Morgan fingerprint density at radius 2 is 1.86 bits per heavy atom. The van der Waals surface area contributed by atoms with Gasteiger partial charge in [-0.15, -0.1) is 0 Å². The molecule has 0 radical (unpaired) electrons. The zero-order valence-electron chi connectivity index (χ0n) is 17.7. The number of carbonyl (C=O) groups is 2. The highest BCUT2D eigenvalue weighted by atomic mass is 16.5. The molecule has 1 aromatic heterocycles. The van der Waals surface area contributed by atoms with Crippen LogP contribution in [0.25, 0.3) is 0 Å². The van der Waals surface area contributed by atoms with Crippen LogP contribution in [0.3, 0.4) is 0 Å². The van der Waals surface area contributed by atoms with Crippen LogP contribution in [-0.2, 0) is 9.53 Å². The lowest BCUT2D eigenvalue weighted by atomic mass is 9.45. The SMILES string of the molecule is C[C@]12CCC(=O)C[C@@H]1CC[C@@H]1[C@@H]2CC[C@]2(C)[C@@H](OC(=O)c3ccccn3)CC[C@@H]12. The Bertz CT molecular complexity index is 808. The van der Waals surface area contributed by atoms with Crippen molar-refractivity contribution in [3.63, 3.8) is 0 Å². The summed E-state index contributed by atoms with van der Waals surface area (Å²) in [6, 6.07) is 5.39. The molecule has 4 saturated carbocycles. The number of carbonyl (C=O) groups excluding carboxylic acids is 2. The normalized spacial score (nSPS) is 43.8. The van der Waals surface area contributed by atoms with Gasteiger partial charge in [-0.3, -0.25) is 4.79 Å². The van der Waals surface area contributed by atoms with Crippen molar-refractivity contribution in [2.75, 3.05) is 0 Å². The lowest BCUT2D eigenvalue weighted by molar-refractivity contribution is -0.142. The molecule has 1 heterocycles. The second-order valence-electron chi connectivity index (χ2n) is 10.6. The maximum Gasteiger partial charge on any atom is 0.357 e. The molecule has 4 aliphatic carbocycles. The summed E-state index contributed by atoms with van der Waals surface area (Å²) in [6.45, 7) is 4.85. The Balaban J connectivity index is 1.34. The van der Waals surface area contributed by atoms with E-state index < -0.39 is 0 Å². The van der Waals surface area contributed by atoms with Gasteiger partial charge in [-0.05, 0) is 86.2 Å². The first-order valence-corrected chi connectivity index (χ1v) is 11.6. The largest absolute Gasteiger partial charge is 0.457 e. The van der Waals surface area contributed by atoms with E-state index in [1.165, 1.54) is 19.3 Å². The van der Waals surface area contributed by atoms with E-state index in [0.29, 0.717) is 28.7 Å². The molecule has 0 amide bonds. The van der Waals surface area contributed by atoms with Crippen LogP contribution in [0, 0.1) is 34.5 Å². The minimum atomic E-state index is -0.277. The highest BCUT2D eigenvalue weighted by Gasteiger charge is 2.61. The number of aromatic nitrogens is 1. The first-order valence-electron chi connectivity index (χ1n) is 11.6. The van der Waals surface area contributed by atoms with E-state index in [9.17, 15) is 9.59 Å². The quantitative estimate of drug-likeness (QED) is 0.644. The van der Waals surface area contributed by atoms with Crippen molar-refractivity contribution in [2.24, 2.45) is 34.5 Å². The summed E-state index contributed by atoms with van der Waals surface area (Å²) in [7, 11) is 0. The zero-order valence-corrected chi connectivity index (χ0v) is 17.7. The maximum atomic E-state index is 12.7. The molecule has 0 bridgehead atoms. The average Bonchev–Trinajstić information content (AvgIpc) is 3.05. The highest BCUT2D eigenvalue weighted by molar-refractivity contribution is 5.87. The van der Waals surface area contributed by atoms with Crippen LogP contribution in [0.5, 0.6) is 0 Å². The molecule has 1 aromatic rings. The lowest BCUT2D eigenvalue weighted by Gasteiger charge is -2.60. The molecule has 0 N–H and O–H groups in total. The molecule has 5 rings (SSSR count). The summed E-state index contributed by atoms with van der Waals surface area (Å²) in [5.41, 5.74) is 0.827. The van der Waals surface area contributed by atoms with Crippen LogP contribution in [0.1, 0.15) is 82.1 Å². The predicted molar refractivity (Wildman–Crippen MR) is 110 cm³/mol. The number of pyridine rings is 1. The molecule has 4 aliphatic rings. The number of esters is 1. The van der Waals surface area contributed by atoms with E-state index in [4.69, 9.17) is 4.74 Å². The van der Waals surface area contributed by atoms with E-state index in [2.05, 4.69) is 18.8 Å². The standard InChI is InChI=1S/C25H33NO3/c1-24-12-10-17(27)15-16(24)6-7-18-19-8-9-22(25(19,2)13-11-20(18)24)29-23(28)21-5-3-4-14-26-21/h3-5,14,16,18-20,22H,6-13,15H2,1-2H3/t16-,18-,19-,20-,22-,24-,25-/m0/s1. The molecule has 0 aromatic carbocycles. The third kappa shape index (κ3) is 2.97. The summed E-state index contributed by atoms with van der Waals surface area (Å²) >= 11 is 0. The molecule has 156 valence electrons. The second-order valence-corrected chi connectivity index (χ2v) is 10.6. The van der Waals surface area contributed by atoms with Gasteiger partial charge in [-0.2, -0.15) is 0 Å². The molecule has 7 atom stereocenters. The second kappa shape index (κ2) is 6.92. The van der Waals surface area contributed by atoms with Crippen LogP contribution < -0.4 is 0 Å². The molecule has 0 spiro atoms. The fourth-order valence-corrected chi connectivity index (χ4v) is 7.86. The van der Waals surface area contributed by atoms with Gasteiger partial charge in [-0.25, -0.2) is 9.78 Å². The van der Waals surface area contributed by atoms with Crippen molar-refractivity contribution < 1.29 is 14.3 Å². The molecule has 0 aliphatic heterocycles. The predicted octanol–water partition coefficient (Wildman–Crippen LogP) is 5.22. The Kier molecular flexibility index (Phi) is 4.60. The number of nitrogens with zero attached hydrogens (tertiary/aromatic N) is 1. The van der Waals surface area contributed by atoms with Crippen molar-refractivity contribution in [2.45, 2.75) is 77.7 Å². The monoisotopic (exact) mass is 395 g/mol. The van der Waals surface area contributed by atoms with Crippen molar-refractivity contribution in [1.29, 1.82) is 0 Å². The summed E-state index contributed by atoms with van der Waals surface area (Å²) in [6.07, 6.45) is 11.3. The summed E-state index contributed by atoms with van der Waals surface area (Å²) in [4.78, 5) is 28.9. The molecular weight excluding hydrogens is 362 g/mol. The smallest absolute Gasteiger partial charge is 0.357 e. The van der Waals surface area contributed by atoms with Crippen molar-refractivity contribution in [1.82, 2.24) is 4.98 Å². The van der Waals surface area contributed by atoms with Gasteiger partial charge in [-0.1, -0.05) is 19.9 Å². The van der Waals surface area contributed by atoms with Gasteiger partial charge in [0.2, 0.25) is 0 Å². The van der Waals surface area contributed by atoms with Crippen LogP contribution in [0.2, 0.25) is 0 Å². The summed E-state index contributed by atoms with van der Waals surface area (Å²) in [5, 5.41) is 0. The van der Waals surface area contributed by atoms with Gasteiger partial charge in [0.05, 0.1) is 0 Å². The number of hydrogen-bond acceptors (Lipinski definition) is 4. The van der Waals surface area contributed by atoms with Crippen molar-refractivity contribution >= 4 is 11.8 Å². The number of ether oxygens (including phenoxy) is 1. The highest BCUT2D eigenvalue weighted by Crippen LogP contribution is 2.66. The fourth-order valence-electron chi connectivity index (χ4n) is 7.86. The van der Waals surface area contributed by atoms with Crippen LogP contribution in [0.15, 0.2) is 24.4 Å². The number of fused-ring (bicyclic) bond motifs is 5. The number of rotatable bonds is 2. The van der Waals surface area contributed by atoms with Gasteiger partial charge >= 0.3 is 5.97 Å². The van der Waals surface area contributed by atoms with Crippen LogP contribution in [0.4, 0.5) is 0 Å². The minimum Gasteiger partial charge on any atom is -0.457 e. The number of Topliss-reactive ketones (excluding diaryl/α,β-unsaturated/α-hetero) is 1. The molecular formula is C25H33NO3. The van der Waals surface area contributed by atoms with E-state index >= 15 is 0 Å². The third-order valence-electron chi connectivity index (χ3n) is 9.52. The van der Waals surface area contributed by atoms with Gasteiger partial charge in [0.15, 0.2) is 0 Å². The molecule has 29 heavy (non-hydrogen) atoms. The Hall–Kier alpha value is -1.71. The minimum absolute atomic E-state index is 0.00131. The van der Waals surface area contributed by atoms with E-state index in [-0.39, 0.29) is 17.5 Å². The zero-order chi connectivity index (χ0) is 20.2. The Morgan fingerprint density at radius 1 is 1.03 bits per heavy atom. The first kappa shape index (κ1) is 19.3. The topological polar surface area (TPSA) is 56.3 Å². The average molecular weight is 396 g/mol. The Morgan fingerprint density at radius 3 is 2.66 bits per heavy atom. The van der Waals surface area contributed by atoms with E-state index in [1.807, 2.05) is 12.1 Å². The van der Waals surface area contributed by atoms with Crippen molar-refractivity contribution in [3.8, 4) is 0 Å². The number of hydrogen-bond donors (Lipinski definition) is 0. The summed E-state index contributed by atoms with van der Waals surface area (Å²) < 4.78 is 6.05. The first-order chi connectivity index (χ1) is 13.9. The van der Waals surface area contributed by atoms with Crippen molar-refractivity contribution in [3.05, 3.63) is 30.1 Å². The van der Waals surface area contributed by atoms with Gasteiger partial charge in [0.25, 0.3) is 0 Å². The lowest BCUT2D eigenvalue weighted by Crippen LogP contribution is -2.54. The molecule has 4 nitrogen and oxygen atoms in total. The fraction of sp³-hybridized carbons (Fsp3) is 0.720. The third-order valence-corrected chi connectivity index (χ3v) is 9.52. The summed E-state index contributed by atoms with van der Waals surface area (Å²) in [5.74, 6) is 2.89. The van der Waals surface area contributed by atoms with Gasteiger partial charge in [0, 0.05) is 24.5 Å². The van der Waals surface area contributed by atoms with Crippen LogP contribution >= 0.6 is 0 Å². The molecule has 4 fully saturated rings. The van der Waals surface area contributed by atoms with E-state index in [0.717, 1.165) is 50.4 Å². The van der Waals surface area contributed by atoms with Gasteiger partial charge in [0.1, 0.15) is 17.6 Å². The molecule has 0 unspecified atom stereocenters. The Labute approximate surface area is 173 Å². The molecule has 4 heteroatoms. The maximum absolute atomic E-state index is 12.7. The van der Waals surface area contributed by atoms with Crippen LogP contribution in [-0.4, -0.2) is 22.8 Å². The van der Waals surface area contributed by atoms with Gasteiger partial charge < -0.3 is 4.74 Å². The van der Waals surface area contributed by atoms with E-state index in [1.54, 1.807) is 12.3 Å². The number of ketones is 1. The molecule has 0 saturated heterocycles.